The summed E-state index contributed by atoms with van der Waals surface area (Å²) in [4.78, 5) is 13.0. The molecule has 0 aromatic heterocycles. The Hall–Kier alpha value is -2.10. The molecular weight excluding hydrogens is 563 g/mol. The molecule has 0 saturated carbocycles. The summed E-state index contributed by atoms with van der Waals surface area (Å²) in [5.41, 5.74) is 1.38. The van der Waals surface area contributed by atoms with Crippen LogP contribution < -0.4 is 10.1 Å². The van der Waals surface area contributed by atoms with Crippen LogP contribution in [0.3, 0.4) is 0 Å². The van der Waals surface area contributed by atoms with Crippen LogP contribution in [0.5, 0.6) is 5.75 Å². The van der Waals surface area contributed by atoms with Crippen LogP contribution in [0.15, 0.2) is 76.1 Å². The normalized spacial score (nSPS) is 12.4. The first-order valence-electron chi connectivity index (χ1n) is 10.2. The van der Waals surface area contributed by atoms with Crippen molar-refractivity contribution in [2.75, 3.05) is 13.7 Å². The summed E-state index contributed by atoms with van der Waals surface area (Å²) in [6, 6.07) is 18.0. The van der Waals surface area contributed by atoms with Crippen LogP contribution in [0.2, 0.25) is 10.0 Å². The van der Waals surface area contributed by atoms with Crippen molar-refractivity contribution in [3.63, 3.8) is 0 Å². The second-order valence-electron chi connectivity index (χ2n) is 7.51. The average molecular weight is 586 g/mol. The molecule has 3 aromatic rings. The standard InChI is InChI=1S/C24H23BrCl2N2O4S/c1-16(20-5-3-4-6-23(20)33-2)28-24(30)15-29(14-17-7-12-21(26)22(27)13-17)34(31,32)19-10-8-18(25)9-11-19/h3-13,16H,14-15H2,1-2H3,(H,28,30). The minimum atomic E-state index is -4.00. The topological polar surface area (TPSA) is 75.7 Å². The lowest BCUT2D eigenvalue weighted by Crippen LogP contribution is -2.41. The predicted molar refractivity (Wildman–Crippen MR) is 138 cm³/mol. The van der Waals surface area contributed by atoms with Crippen molar-refractivity contribution < 1.29 is 17.9 Å². The molecule has 3 rings (SSSR count). The molecule has 1 atom stereocenters. The maximum Gasteiger partial charge on any atom is 0.243 e. The Morgan fingerprint density at radius 2 is 1.74 bits per heavy atom. The van der Waals surface area contributed by atoms with Gasteiger partial charge in [0, 0.05) is 16.6 Å². The third-order valence-corrected chi connectivity index (χ3v) is 8.17. The minimum Gasteiger partial charge on any atom is -0.496 e. The van der Waals surface area contributed by atoms with Crippen molar-refractivity contribution in [2.24, 2.45) is 0 Å². The van der Waals surface area contributed by atoms with Gasteiger partial charge in [0.1, 0.15) is 5.75 Å². The van der Waals surface area contributed by atoms with Gasteiger partial charge in [0.15, 0.2) is 0 Å². The Morgan fingerprint density at radius 1 is 1.06 bits per heavy atom. The maximum absolute atomic E-state index is 13.4. The van der Waals surface area contributed by atoms with Gasteiger partial charge < -0.3 is 10.1 Å². The zero-order chi connectivity index (χ0) is 24.9. The molecule has 34 heavy (non-hydrogen) atoms. The number of carbonyl (C=O) groups excluding carboxylic acids is 1. The molecule has 0 aliphatic heterocycles. The van der Waals surface area contributed by atoms with E-state index in [0.717, 1.165) is 14.3 Å². The number of amides is 1. The number of para-hydroxylation sites is 1. The van der Waals surface area contributed by atoms with Crippen LogP contribution >= 0.6 is 39.1 Å². The molecule has 0 heterocycles. The van der Waals surface area contributed by atoms with Crippen molar-refractivity contribution in [1.29, 1.82) is 0 Å². The summed E-state index contributed by atoms with van der Waals surface area (Å²) in [6.07, 6.45) is 0. The summed E-state index contributed by atoms with van der Waals surface area (Å²) >= 11 is 15.4. The molecule has 0 saturated heterocycles. The molecule has 0 spiro atoms. The highest BCUT2D eigenvalue weighted by atomic mass is 79.9. The van der Waals surface area contributed by atoms with E-state index in [0.29, 0.717) is 21.4 Å². The number of nitrogens with zero attached hydrogens (tertiary/aromatic N) is 1. The molecule has 0 radical (unpaired) electrons. The van der Waals surface area contributed by atoms with E-state index in [4.69, 9.17) is 27.9 Å². The van der Waals surface area contributed by atoms with E-state index < -0.39 is 28.5 Å². The summed E-state index contributed by atoms with van der Waals surface area (Å²) in [5, 5.41) is 3.52. The van der Waals surface area contributed by atoms with Gasteiger partial charge >= 0.3 is 0 Å². The van der Waals surface area contributed by atoms with Crippen molar-refractivity contribution in [3.8, 4) is 5.75 Å². The van der Waals surface area contributed by atoms with E-state index in [9.17, 15) is 13.2 Å². The number of hydrogen-bond donors (Lipinski definition) is 1. The number of halogens is 3. The average Bonchev–Trinajstić information content (AvgIpc) is 2.81. The fourth-order valence-electron chi connectivity index (χ4n) is 3.37. The van der Waals surface area contributed by atoms with Crippen molar-refractivity contribution >= 4 is 55.1 Å². The van der Waals surface area contributed by atoms with Gasteiger partial charge in [0.25, 0.3) is 0 Å². The molecule has 0 bridgehead atoms. The van der Waals surface area contributed by atoms with E-state index in [1.165, 1.54) is 12.1 Å². The largest absolute Gasteiger partial charge is 0.496 e. The molecule has 1 unspecified atom stereocenters. The van der Waals surface area contributed by atoms with Crippen molar-refractivity contribution in [2.45, 2.75) is 24.4 Å². The van der Waals surface area contributed by atoms with E-state index >= 15 is 0 Å². The third kappa shape index (κ3) is 6.52. The van der Waals surface area contributed by atoms with Crippen LogP contribution in [0, 0.1) is 0 Å². The lowest BCUT2D eigenvalue weighted by atomic mass is 10.1. The smallest absolute Gasteiger partial charge is 0.243 e. The fraction of sp³-hybridized carbons (Fsp3) is 0.208. The van der Waals surface area contributed by atoms with E-state index in [1.54, 1.807) is 43.5 Å². The summed E-state index contributed by atoms with van der Waals surface area (Å²) in [5.74, 6) is 0.171. The Kier molecular flexibility index (Phi) is 9.01. The van der Waals surface area contributed by atoms with Gasteiger partial charge in [-0.2, -0.15) is 4.31 Å². The number of benzene rings is 3. The van der Waals surface area contributed by atoms with Gasteiger partial charge in [0.05, 0.1) is 34.6 Å². The van der Waals surface area contributed by atoms with Gasteiger partial charge in [-0.15, -0.1) is 0 Å². The van der Waals surface area contributed by atoms with Gasteiger partial charge in [-0.3, -0.25) is 4.79 Å². The van der Waals surface area contributed by atoms with Crippen LogP contribution in [0.25, 0.3) is 0 Å². The molecule has 180 valence electrons. The number of carbonyl (C=O) groups is 1. The highest BCUT2D eigenvalue weighted by molar-refractivity contribution is 9.10. The van der Waals surface area contributed by atoms with Crippen LogP contribution in [-0.2, 0) is 21.4 Å². The fourth-order valence-corrected chi connectivity index (χ4v) is 5.34. The van der Waals surface area contributed by atoms with Gasteiger partial charge in [-0.05, 0) is 55.0 Å². The number of hydrogen-bond acceptors (Lipinski definition) is 4. The molecule has 6 nitrogen and oxygen atoms in total. The quantitative estimate of drug-likeness (QED) is 0.343. The Labute approximate surface area is 218 Å². The first kappa shape index (κ1) is 26.5. The van der Waals surface area contributed by atoms with Crippen LogP contribution in [0.4, 0.5) is 0 Å². The summed E-state index contributed by atoms with van der Waals surface area (Å²) < 4.78 is 34.1. The SMILES string of the molecule is COc1ccccc1C(C)NC(=O)CN(Cc1ccc(Cl)c(Cl)c1)S(=O)(=O)c1ccc(Br)cc1. The van der Waals surface area contributed by atoms with Crippen molar-refractivity contribution in [1.82, 2.24) is 9.62 Å². The zero-order valence-corrected chi connectivity index (χ0v) is 22.4. The van der Waals surface area contributed by atoms with Gasteiger partial charge in [-0.25, -0.2) is 8.42 Å². The third-order valence-electron chi connectivity index (χ3n) is 5.10. The molecule has 3 aromatic carbocycles. The highest BCUT2D eigenvalue weighted by Gasteiger charge is 2.28. The molecule has 10 heteroatoms. The number of rotatable bonds is 9. The predicted octanol–water partition coefficient (Wildman–Crippen LogP) is 5.83. The summed E-state index contributed by atoms with van der Waals surface area (Å²) in [6.45, 7) is 1.35. The molecule has 1 amide bonds. The van der Waals surface area contributed by atoms with Gasteiger partial charge in [-0.1, -0.05) is 63.4 Å². The molecule has 0 fully saturated rings. The summed E-state index contributed by atoms with van der Waals surface area (Å²) in [7, 11) is -2.44. The molecular formula is C24H23BrCl2N2O4S. The molecule has 0 aliphatic rings. The van der Waals surface area contributed by atoms with E-state index in [2.05, 4.69) is 21.2 Å². The Bertz CT molecular complexity index is 1270. The lowest BCUT2D eigenvalue weighted by Gasteiger charge is -2.24. The first-order chi connectivity index (χ1) is 16.1. The van der Waals surface area contributed by atoms with Crippen LogP contribution in [0.1, 0.15) is 24.1 Å². The van der Waals surface area contributed by atoms with E-state index in [-0.39, 0.29) is 11.4 Å². The first-order valence-corrected chi connectivity index (χ1v) is 13.2. The highest BCUT2D eigenvalue weighted by Crippen LogP contribution is 2.27. The number of nitrogens with one attached hydrogen (secondary N) is 1. The number of methoxy groups -OCH3 is 1. The van der Waals surface area contributed by atoms with Crippen molar-refractivity contribution in [3.05, 3.63) is 92.4 Å². The van der Waals surface area contributed by atoms with Gasteiger partial charge in [0.2, 0.25) is 15.9 Å². The molecule has 0 aliphatic carbocycles. The lowest BCUT2D eigenvalue weighted by molar-refractivity contribution is -0.122. The Morgan fingerprint density at radius 3 is 2.38 bits per heavy atom. The number of sulfonamides is 1. The zero-order valence-electron chi connectivity index (χ0n) is 18.5. The second-order valence-corrected chi connectivity index (χ2v) is 11.2. The second kappa shape index (κ2) is 11.6. The Balaban J connectivity index is 1.87. The minimum absolute atomic E-state index is 0.0637. The van der Waals surface area contributed by atoms with E-state index in [1.807, 2.05) is 25.1 Å². The molecule has 1 N–H and O–H groups in total. The maximum atomic E-state index is 13.4. The number of ether oxygens (including phenoxy) is 1. The van der Waals surface area contributed by atoms with Crippen LogP contribution in [-0.4, -0.2) is 32.3 Å². The monoisotopic (exact) mass is 584 g/mol.